The molecular weight excluding hydrogens is 286 g/mol. The Morgan fingerprint density at radius 1 is 1.50 bits per heavy atom. The summed E-state index contributed by atoms with van der Waals surface area (Å²) < 4.78 is 13.0. The van der Waals surface area contributed by atoms with Crippen LogP contribution in [0.1, 0.15) is 36.8 Å². The number of aryl methyl sites for hydroxylation is 1. The molecule has 0 amide bonds. The minimum absolute atomic E-state index is 0.419. The lowest BCUT2D eigenvalue weighted by atomic mass is 10.2. The molecule has 16 heavy (non-hydrogen) atoms. The summed E-state index contributed by atoms with van der Waals surface area (Å²) in [5, 5.41) is 0.419. The van der Waals surface area contributed by atoms with Crippen molar-refractivity contribution >= 4 is 26.7 Å². The van der Waals surface area contributed by atoms with Gasteiger partial charge >= 0.3 is 0 Å². The maximum Gasteiger partial charge on any atom is 0.106 e. The molecule has 2 nitrogen and oxygen atoms in total. The van der Waals surface area contributed by atoms with Crippen molar-refractivity contribution in [2.75, 3.05) is 0 Å². The Balaban J connectivity index is 2.05. The minimum atomic E-state index is -0.719. The summed E-state index contributed by atoms with van der Waals surface area (Å²) in [6.45, 7) is 2.05. The van der Waals surface area contributed by atoms with Crippen molar-refractivity contribution in [1.82, 2.24) is 4.98 Å². The van der Waals surface area contributed by atoms with E-state index >= 15 is 0 Å². The maximum atomic E-state index is 12.1. The average Bonchev–Trinajstić information content (AvgIpc) is 2.75. The molecular formula is C12H16BrNOS. The number of halogens is 1. The van der Waals surface area contributed by atoms with E-state index in [-0.39, 0.29) is 0 Å². The van der Waals surface area contributed by atoms with Crippen LogP contribution >= 0.6 is 15.9 Å². The van der Waals surface area contributed by atoms with Crippen LogP contribution in [-0.2, 0) is 16.6 Å². The van der Waals surface area contributed by atoms with Gasteiger partial charge in [-0.1, -0.05) is 12.8 Å². The van der Waals surface area contributed by atoms with E-state index in [0.29, 0.717) is 11.0 Å². The molecule has 0 saturated heterocycles. The van der Waals surface area contributed by atoms with Gasteiger partial charge in [-0.15, -0.1) is 0 Å². The third kappa shape index (κ3) is 2.92. The predicted molar refractivity (Wildman–Crippen MR) is 70.8 cm³/mol. The van der Waals surface area contributed by atoms with Crippen molar-refractivity contribution in [2.24, 2.45) is 0 Å². The number of hydrogen-bond donors (Lipinski definition) is 0. The molecule has 1 heterocycles. The van der Waals surface area contributed by atoms with Crippen molar-refractivity contribution in [2.45, 2.75) is 43.6 Å². The molecule has 0 aliphatic heterocycles. The van der Waals surface area contributed by atoms with Crippen LogP contribution in [-0.4, -0.2) is 14.4 Å². The zero-order chi connectivity index (χ0) is 11.5. The summed E-state index contributed by atoms with van der Waals surface area (Å²) in [6, 6.07) is 1.99. The topological polar surface area (TPSA) is 30.0 Å². The Morgan fingerprint density at radius 3 is 2.81 bits per heavy atom. The van der Waals surface area contributed by atoms with Crippen LogP contribution in [0.25, 0.3) is 0 Å². The number of nitrogens with zero attached hydrogens (tertiary/aromatic N) is 1. The van der Waals surface area contributed by atoms with Crippen molar-refractivity contribution in [3.8, 4) is 0 Å². The van der Waals surface area contributed by atoms with E-state index in [9.17, 15) is 4.21 Å². The summed E-state index contributed by atoms with van der Waals surface area (Å²) in [4.78, 5) is 4.20. The molecule has 0 aromatic carbocycles. The van der Waals surface area contributed by atoms with Crippen molar-refractivity contribution in [3.05, 3.63) is 28.0 Å². The summed E-state index contributed by atoms with van der Waals surface area (Å²) in [5.74, 6) is 0.663. The van der Waals surface area contributed by atoms with Crippen LogP contribution in [0.2, 0.25) is 0 Å². The van der Waals surface area contributed by atoms with E-state index in [2.05, 4.69) is 20.9 Å². The van der Waals surface area contributed by atoms with Gasteiger partial charge in [-0.05, 0) is 52.9 Å². The maximum absolute atomic E-state index is 12.1. The van der Waals surface area contributed by atoms with E-state index in [1.54, 1.807) is 0 Å². The lowest BCUT2D eigenvalue weighted by Crippen LogP contribution is -2.12. The molecule has 1 saturated carbocycles. The van der Waals surface area contributed by atoms with Crippen LogP contribution in [0.15, 0.2) is 16.9 Å². The Morgan fingerprint density at radius 2 is 2.19 bits per heavy atom. The zero-order valence-electron chi connectivity index (χ0n) is 9.41. The van der Waals surface area contributed by atoms with Gasteiger partial charge in [0.05, 0.1) is 5.75 Å². The molecule has 1 aromatic heterocycles. The quantitative estimate of drug-likeness (QED) is 0.802. The monoisotopic (exact) mass is 301 g/mol. The predicted octanol–water partition coefficient (Wildman–Crippen LogP) is 3.34. The van der Waals surface area contributed by atoms with Crippen LogP contribution in [0.3, 0.4) is 0 Å². The van der Waals surface area contributed by atoms with Gasteiger partial charge in [0, 0.05) is 22.2 Å². The molecule has 1 fully saturated rings. The highest BCUT2D eigenvalue weighted by atomic mass is 79.9. The van der Waals surface area contributed by atoms with Crippen molar-refractivity contribution in [1.29, 1.82) is 0 Å². The highest BCUT2D eigenvalue weighted by Crippen LogP contribution is 2.25. The molecule has 0 bridgehead atoms. The third-order valence-electron chi connectivity index (χ3n) is 3.16. The Kier molecular flexibility index (Phi) is 4.14. The standard InChI is InChI=1S/C12H16BrNOS/c1-9-6-12(13)14-7-10(9)8-16(15)11-4-2-3-5-11/h6-7,11H,2-5,8H2,1H3. The zero-order valence-corrected chi connectivity index (χ0v) is 11.8. The molecule has 0 N–H and O–H groups in total. The van der Waals surface area contributed by atoms with Crippen LogP contribution in [0, 0.1) is 6.92 Å². The fraction of sp³-hybridized carbons (Fsp3) is 0.583. The molecule has 1 aliphatic carbocycles. The first-order valence-electron chi connectivity index (χ1n) is 5.65. The second-order valence-electron chi connectivity index (χ2n) is 4.37. The summed E-state index contributed by atoms with van der Waals surface area (Å²) in [6.07, 6.45) is 6.60. The van der Waals surface area contributed by atoms with E-state index in [1.807, 2.05) is 19.2 Å². The summed E-state index contributed by atoms with van der Waals surface area (Å²) in [5.41, 5.74) is 2.29. The van der Waals surface area contributed by atoms with Gasteiger partial charge in [0.1, 0.15) is 4.60 Å². The van der Waals surface area contributed by atoms with Gasteiger partial charge in [-0.25, -0.2) is 4.98 Å². The SMILES string of the molecule is Cc1cc(Br)ncc1CS(=O)C1CCCC1. The fourth-order valence-corrected chi connectivity index (χ4v) is 4.27. The number of hydrogen-bond acceptors (Lipinski definition) is 2. The normalized spacial score (nSPS) is 18.9. The molecule has 1 unspecified atom stereocenters. The molecule has 1 aliphatic rings. The van der Waals surface area contributed by atoms with Crippen LogP contribution < -0.4 is 0 Å². The van der Waals surface area contributed by atoms with Crippen LogP contribution in [0.4, 0.5) is 0 Å². The van der Waals surface area contributed by atoms with Gasteiger partial charge in [0.15, 0.2) is 0 Å². The molecule has 0 radical (unpaired) electrons. The second-order valence-corrected chi connectivity index (χ2v) is 6.89. The van der Waals surface area contributed by atoms with Gasteiger partial charge < -0.3 is 0 Å². The molecule has 1 atom stereocenters. The largest absolute Gasteiger partial charge is 0.259 e. The molecule has 1 aromatic rings. The average molecular weight is 302 g/mol. The van der Waals surface area contributed by atoms with Crippen molar-refractivity contribution < 1.29 is 4.21 Å². The van der Waals surface area contributed by atoms with E-state index in [0.717, 1.165) is 23.0 Å². The minimum Gasteiger partial charge on any atom is -0.259 e. The van der Waals surface area contributed by atoms with E-state index in [4.69, 9.17) is 0 Å². The first-order chi connectivity index (χ1) is 7.66. The molecule has 4 heteroatoms. The van der Waals surface area contributed by atoms with E-state index < -0.39 is 10.8 Å². The fourth-order valence-electron chi connectivity index (χ4n) is 2.12. The first kappa shape index (κ1) is 12.2. The van der Waals surface area contributed by atoms with Crippen molar-refractivity contribution in [3.63, 3.8) is 0 Å². The molecule has 0 spiro atoms. The second kappa shape index (κ2) is 5.41. The molecule has 2 rings (SSSR count). The number of rotatable bonds is 3. The number of pyridine rings is 1. The van der Waals surface area contributed by atoms with Gasteiger partial charge in [-0.3, -0.25) is 4.21 Å². The molecule has 88 valence electrons. The Bertz CT molecular complexity index is 402. The smallest absolute Gasteiger partial charge is 0.106 e. The van der Waals surface area contributed by atoms with Gasteiger partial charge in [0.2, 0.25) is 0 Å². The first-order valence-corrected chi connectivity index (χ1v) is 7.82. The summed E-state index contributed by atoms with van der Waals surface area (Å²) >= 11 is 3.34. The third-order valence-corrected chi connectivity index (χ3v) is 5.40. The summed E-state index contributed by atoms with van der Waals surface area (Å²) in [7, 11) is -0.719. The Hall–Kier alpha value is -0.220. The van der Waals surface area contributed by atoms with Gasteiger partial charge in [0.25, 0.3) is 0 Å². The van der Waals surface area contributed by atoms with E-state index in [1.165, 1.54) is 18.4 Å². The lowest BCUT2D eigenvalue weighted by molar-refractivity contribution is 0.668. The highest BCUT2D eigenvalue weighted by molar-refractivity contribution is 9.10. The van der Waals surface area contributed by atoms with Crippen LogP contribution in [0.5, 0.6) is 0 Å². The lowest BCUT2D eigenvalue weighted by Gasteiger charge is -2.10. The Labute approximate surface area is 107 Å². The highest BCUT2D eigenvalue weighted by Gasteiger charge is 2.21. The number of aromatic nitrogens is 1. The van der Waals surface area contributed by atoms with Gasteiger partial charge in [-0.2, -0.15) is 0 Å².